The number of carbonyl (C=O) groups excluding carboxylic acids is 1. The van der Waals surface area contributed by atoms with Crippen molar-refractivity contribution in [3.63, 3.8) is 0 Å². The minimum Gasteiger partial charge on any atom is -0.450 e. The van der Waals surface area contributed by atoms with Gasteiger partial charge in [0, 0.05) is 25.2 Å². The summed E-state index contributed by atoms with van der Waals surface area (Å²) in [5.41, 5.74) is 3.19. The molecule has 0 amide bonds. The SMILES string of the molecule is C[C@@]12CN(Cc3ccccc3)[C@H](c3ccccc3)CC1=CC(=O)O2. The third kappa shape index (κ3) is 2.76. The maximum absolute atomic E-state index is 11.8. The third-order valence-electron chi connectivity index (χ3n) is 5.07. The molecule has 2 aliphatic heterocycles. The van der Waals surface area contributed by atoms with E-state index in [1.54, 1.807) is 6.08 Å². The molecule has 3 nitrogen and oxygen atoms in total. The van der Waals surface area contributed by atoms with Gasteiger partial charge in [-0.25, -0.2) is 4.79 Å². The number of hydrogen-bond acceptors (Lipinski definition) is 3. The molecule has 2 atom stereocenters. The van der Waals surface area contributed by atoms with Crippen LogP contribution in [-0.4, -0.2) is 23.0 Å². The Bertz CT molecular complexity index is 769. The molecule has 0 spiro atoms. The lowest BCUT2D eigenvalue weighted by molar-refractivity contribution is -0.148. The van der Waals surface area contributed by atoms with Crippen molar-refractivity contribution in [2.24, 2.45) is 0 Å². The van der Waals surface area contributed by atoms with E-state index in [0.717, 1.165) is 25.1 Å². The van der Waals surface area contributed by atoms with E-state index >= 15 is 0 Å². The molecule has 0 radical (unpaired) electrons. The number of fused-ring (bicyclic) bond motifs is 1. The molecule has 0 N–H and O–H groups in total. The Kier molecular flexibility index (Phi) is 3.73. The smallest absolute Gasteiger partial charge is 0.331 e. The Balaban J connectivity index is 1.68. The van der Waals surface area contributed by atoms with Gasteiger partial charge in [-0.1, -0.05) is 60.7 Å². The molecule has 122 valence electrons. The van der Waals surface area contributed by atoms with E-state index in [1.807, 2.05) is 19.1 Å². The molecule has 1 saturated heterocycles. The number of piperidine rings is 1. The van der Waals surface area contributed by atoms with E-state index in [0.29, 0.717) is 0 Å². The van der Waals surface area contributed by atoms with Crippen LogP contribution in [0.2, 0.25) is 0 Å². The molecule has 2 heterocycles. The predicted molar refractivity (Wildman–Crippen MR) is 93.2 cm³/mol. The summed E-state index contributed by atoms with van der Waals surface area (Å²) in [5.74, 6) is -0.208. The maximum Gasteiger partial charge on any atom is 0.331 e. The lowest BCUT2D eigenvalue weighted by Crippen LogP contribution is -2.48. The van der Waals surface area contributed by atoms with Crippen molar-refractivity contribution < 1.29 is 9.53 Å². The van der Waals surface area contributed by atoms with E-state index in [2.05, 4.69) is 53.4 Å². The highest BCUT2D eigenvalue weighted by molar-refractivity contribution is 5.87. The van der Waals surface area contributed by atoms with Gasteiger partial charge < -0.3 is 4.74 Å². The summed E-state index contributed by atoms with van der Waals surface area (Å²) >= 11 is 0. The van der Waals surface area contributed by atoms with Gasteiger partial charge in [-0.05, 0) is 30.0 Å². The van der Waals surface area contributed by atoms with Gasteiger partial charge in [0.2, 0.25) is 0 Å². The molecule has 0 bridgehead atoms. The normalized spacial score (nSPS) is 26.6. The van der Waals surface area contributed by atoms with Crippen molar-refractivity contribution in [3.8, 4) is 0 Å². The lowest BCUT2D eigenvalue weighted by Gasteiger charge is -2.44. The molecule has 0 unspecified atom stereocenters. The molecule has 2 aromatic rings. The number of rotatable bonds is 3. The standard InChI is InChI=1S/C21H21NO2/c1-21-15-22(14-16-8-4-2-5-9-16)19(17-10-6-3-7-11-17)12-18(21)13-20(23)24-21/h2-11,13,19H,12,14-15H2,1H3/t19-,21+/m0/s1. The predicted octanol–water partition coefficient (Wildman–Crippen LogP) is 3.88. The molecule has 0 aromatic heterocycles. The van der Waals surface area contributed by atoms with Crippen molar-refractivity contribution in [2.75, 3.05) is 6.54 Å². The van der Waals surface area contributed by atoms with Gasteiger partial charge in [0.05, 0.1) is 0 Å². The fourth-order valence-corrected chi connectivity index (χ4v) is 3.84. The number of esters is 1. The Labute approximate surface area is 142 Å². The molecule has 4 rings (SSSR count). The van der Waals surface area contributed by atoms with Gasteiger partial charge in [-0.15, -0.1) is 0 Å². The van der Waals surface area contributed by atoms with E-state index < -0.39 is 5.60 Å². The molecule has 2 aromatic carbocycles. The van der Waals surface area contributed by atoms with Gasteiger partial charge in [0.1, 0.15) is 5.60 Å². The first-order chi connectivity index (χ1) is 11.6. The fourth-order valence-electron chi connectivity index (χ4n) is 3.84. The highest BCUT2D eigenvalue weighted by atomic mass is 16.6. The summed E-state index contributed by atoms with van der Waals surface area (Å²) in [4.78, 5) is 14.2. The minimum absolute atomic E-state index is 0.208. The van der Waals surface area contributed by atoms with Crippen molar-refractivity contribution >= 4 is 5.97 Å². The van der Waals surface area contributed by atoms with Gasteiger partial charge in [-0.3, -0.25) is 4.90 Å². The average molecular weight is 319 g/mol. The fraction of sp³-hybridized carbons (Fsp3) is 0.286. The van der Waals surface area contributed by atoms with Gasteiger partial charge in [-0.2, -0.15) is 0 Å². The van der Waals surface area contributed by atoms with Crippen molar-refractivity contribution in [3.05, 3.63) is 83.4 Å². The molecule has 2 aliphatic rings. The Morgan fingerprint density at radius 3 is 2.46 bits per heavy atom. The number of ether oxygens (including phenoxy) is 1. The zero-order valence-electron chi connectivity index (χ0n) is 13.8. The zero-order chi connectivity index (χ0) is 16.6. The van der Waals surface area contributed by atoms with Crippen molar-refractivity contribution in [1.82, 2.24) is 4.90 Å². The lowest BCUT2D eigenvalue weighted by atomic mass is 9.82. The van der Waals surface area contributed by atoms with Crippen LogP contribution in [-0.2, 0) is 16.1 Å². The van der Waals surface area contributed by atoms with Crippen molar-refractivity contribution in [1.29, 1.82) is 0 Å². The third-order valence-corrected chi connectivity index (χ3v) is 5.07. The second-order valence-corrected chi connectivity index (χ2v) is 6.84. The van der Waals surface area contributed by atoms with Crippen LogP contribution in [0.5, 0.6) is 0 Å². The van der Waals surface area contributed by atoms with E-state index in [1.165, 1.54) is 11.1 Å². The first-order valence-electron chi connectivity index (χ1n) is 8.41. The number of likely N-dealkylation sites (tertiary alicyclic amines) is 1. The number of carbonyl (C=O) groups is 1. The number of nitrogens with zero attached hydrogens (tertiary/aromatic N) is 1. The molecule has 3 heteroatoms. The Morgan fingerprint density at radius 1 is 1.08 bits per heavy atom. The van der Waals surface area contributed by atoms with Crippen LogP contribution in [0, 0.1) is 0 Å². The molecule has 0 saturated carbocycles. The van der Waals surface area contributed by atoms with Crippen LogP contribution in [0.1, 0.15) is 30.5 Å². The quantitative estimate of drug-likeness (QED) is 0.804. The second kappa shape index (κ2) is 5.91. The minimum atomic E-state index is -0.489. The van der Waals surface area contributed by atoms with Crippen LogP contribution in [0.15, 0.2) is 72.3 Å². The Morgan fingerprint density at radius 2 is 1.75 bits per heavy atom. The molecular weight excluding hydrogens is 298 g/mol. The summed E-state index contributed by atoms with van der Waals surface area (Å²) in [6.07, 6.45) is 2.52. The first kappa shape index (κ1) is 15.2. The van der Waals surface area contributed by atoms with Crippen LogP contribution >= 0.6 is 0 Å². The highest BCUT2D eigenvalue weighted by Gasteiger charge is 2.46. The van der Waals surface area contributed by atoms with Crippen LogP contribution in [0.4, 0.5) is 0 Å². The molecule has 1 fully saturated rings. The van der Waals surface area contributed by atoms with Gasteiger partial charge >= 0.3 is 5.97 Å². The van der Waals surface area contributed by atoms with Gasteiger partial charge in [0.25, 0.3) is 0 Å². The summed E-state index contributed by atoms with van der Waals surface area (Å²) in [7, 11) is 0. The Hall–Kier alpha value is -2.39. The molecule has 0 aliphatic carbocycles. The van der Waals surface area contributed by atoms with Gasteiger partial charge in [0.15, 0.2) is 0 Å². The highest BCUT2D eigenvalue weighted by Crippen LogP contribution is 2.43. The topological polar surface area (TPSA) is 29.5 Å². The summed E-state index contributed by atoms with van der Waals surface area (Å²) < 4.78 is 5.63. The van der Waals surface area contributed by atoms with E-state index in [4.69, 9.17) is 4.74 Å². The van der Waals surface area contributed by atoms with Crippen LogP contribution in [0.3, 0.4) is 0 Å². The number of hydrogen-bond donors (Lipinski definition) is 0. The largest absolute Gasteiger partial charge is 0.450 e. The molecule has 24 heavy (non-hydrogen) atoms. The summed E-state index contributed by atoms with van der Waals surface area (Å²) in [6.45, 7) is 3.60. The van der Waals surface area contributed by atoms with Crippen LogP contribution in [0.25, 0.3) is 0 Å². The van der Waals surface area contributed by atoms with Crippen molar-refractivity contribution in [2.45, 2.75) is 31.5 Å². The zero-order valence-corrected chi connectivity index (χ0v) is 13.8. The first-order valence-corrected chi connectivity index (χ1v) is 8.41. The summed E-state index contributed by atoms with van der Waals surface area (Å²) in [5, 5.41) is 0. The van der Waals surface area contributed by atoms with E-state index in [-0.39, 0.29) is 12.0 Å². The second-order valence-electron chi connectivity index (χ2n) is 6.84. The average Bonchev–Trinajstić information content (AvgIpc) is 2.88. The molecular formula is C21H21NO2. The summed E-state index contributed by atoms with van der Waals surface area (Å²) in [6, 6.07) is 21.3. The van der Waals surface area contributed by atoms with E-state index in [9.17, 15) is 4.79 Å². The maximum atomic E-state index is 11.8. The van der Waals surface area contributed by atoms with Crippen LogP contribution < -0.4 is 0 Å². The monoisotopic (exact) mass is 319 g/mol. The number of benzene rings is 2.